The van der Waals surface area contributed by atoms with Crippen LogP contribution in [0.15, 0.2) is 148 Å². The molecular formula is C51H25F18N2O4P. The molecule has 394 valence electrons. The predicted octanol–water partition coefficient (Wildman–Crippen LogP) is 19.5. The summed E-state index contributed by atoms with van der Waals surface area (Å²) in [5.41, 5.74) is -15.0. The third kappa shape index (κ3) is 10.9. The van der Waals surface area contributed by atoms with Crippen molar-refractivity contribution in [3.05, 3.63) is 173 Å². The number of hydrogen-bond donors (Lipinski definition) is 2. The Morgan fingerprint density at radius 2 is 0.724 bits per heavy atom. The number of alkyl halides is 18. The van der Waals surface area contributed by atoms with E-state index in [1.165, 1.54) is 60.7 Å². The van der Waals surface area contributed by atoms with Gasteiger partial charge in [-0.05, 0) is 124 Å². The maximum atomic E-state index is 14.4. The number of nitrogens with one attached hydrogen (secondary N) is 2. The standard InChI is InChI=1S/C51H25F18N2O4P/c52-46(53,54)28-13-26(14-29(19-28)47(55,56)57)39-17-24-5-1-3-7-37(24)41-42-38-8-4-2-6-25(38)18-40(27-15-30(48(58,59)60)20-31(16-27)49(61,62)63)44(42)75-76(74-43(39)41)73-36-11-9-34(10-12-36)70-45(72)71-35-22-32(50(64,65)66)21-33(23-35)51(67,68)69/h1-23H,(H2,70,71,72). The molecule has 25 heteroatoms. The second kappa shape index (κ2) is 18.7. The minimum absolute atomic E-state index is 0.125. The molecule has 0 bridgehead atoms. The zero-order valence-corrected chi connectivity index (χ0v) is 38.1. The molecule has 0 unspecified atom stereocenters. The highest BCUT2D eigenvalue weighted by atomic mass is 31.1. The SMILES string of the molecule is O=C(Nc1ccc(Op2oc3c(-c4cc(C(F)(F)F)cc(C(F)(F)F)c4)cc4ccccc4c3c3c(o2)c(-c2cc(C(F)(F)F)cc(C(F)(F)F)c2)cc2ccccc23)cc1)Nc1cc(C(F)(F)F)cc(C(F)(F)F)c1. The van der Waals surface area contributed by atoms with Crippen molar-refractivity contribution in [1.82, 2.24) is 0 Å². The summed E-state index contributed by atoms with van der Waals surface area (Å²) in [6.07, 6.45) is -32.0. The van der Waals surface area contributed by atoms with Crippen molar-refractivity contribution in [2.45, 2.75) is 37.1 Å². The summed E-state index contributed by atoms with van der Waals surface area (Å²) < 4.78 is 273. The van der Waals surface area contributed by atoms with Gasteiger partial charge in [0.05, 0.1) is 33.4 Å². The van der Waals surface area contributed by atoms with Crippen LogP contribution >= 0.6 is 8.24 Å². The quantitative estimate of drug-likeness (QED) is 0.163. The van der Waals surface area contributed by atoms with Crippen molar-refractivity contribution in [2.75, 3.05) is 10.6 Å². The van der Waals surface area contributed by atoms with Gasteiger partial charge in [-0.2, -0.15) is 79.0 Å². The van der Waals surface area contributed by atoms with Crippen molar-refractivity contribution >= 4 is 69.1 Å². The Labute approximate surface area is 413 Å². The van der Waals surface area contributed by atoms with Crippen LogP contribution in [0.5, 0.6) is 5.75 Å². The molecule has 8 aromatic carbocycles. The Bertz CT molecular complexity index is 3530. The molecular weight excluding hydrogens is 1080 g/mol. The Morgan fingerprint density at radius 1 is 0.395 bits per heavy atom. The molecule has 2 N–H and O–H groups in total. The summed E-state index contributed by atoms with van der Waals surface area (Å²) >= 11 is 0. The maximum absolute atomic E-state index is 14.4. The summed E-state index contributed by atoms with van der Waals surface area (Å²) in [6, 6.07) is 18.6. The van der Waals surface area contributed by atoms with E-state index in [0.29, 0.717) is 24.3 Å². The first-order valence-corrected chi connectivity index (χ1v) is 22.4. The van der Waals surface area contributed by atoms with Gasteiger partial charge < -0.3 is 23.6 Å². The zero-order chi connectivity index (χ0) is 55.1. The highest BCUT2D eigenvalue weighted by Gasteiger charge is 2.40. The molecule has 6 nitrogen and oxygen atoms in total. The lowest BCUT2D eigenvalue weighted by Gasteiger charge is -2.16. The second-order valence-corrected chi connectivity index (χ2v) is 17.7. The first-order chi connectivity index (χ1) is 35.3. The molecule has 0 spiro atoms. The molecule has 0 atom stereocenters. The predicted molar refractivity (Wildman–Crippen MR) is 244 cm³/mol. The van der Waals surface area contributed by atoms with E-state index in [9.17, 15) is 83.8 Å². The third-order valence-electron chi connectivity index (χ3n) is 11.5. The molecule has 0 saturated carbocycles. The summed E-state index contributed by atoms with van der Waals surface area (Å²) in [5.74, 6) is -0.309. The summed E-state index contributed by atoms with van der Waals surface area (Å²) in [7, 11) is -3.25. The molecule has 0 fully saturated rings. The van der Waals surface area contributed by atoms with Gasteiger partial charge in [0.15, 0.2) is 11.2 Å². The number of halogens is 18. The molecule has 0 aliphatic heterocycles. The lowest BCUT2D eigenvalue weighted by molar-refractivity contribution is -0.144. The van der Waals surface area contributed by atoms with Crippen molar-refractivity contribution in [2.24, 2.45) is 0 Å². The smallest absolute Gasteiger partial charge is 0.391 e. The van der Waals surface area contributed by atoms with E-state index in [-0.39, 0.29) is 74.1 Å². The van der Waals surface area contributed by atoms with Crippen molar-refractivity contribution < 1.29 is 96.7 Å². The fraction of sp³-hybridized carbons (Fsp3) is 0.118. The van der Waals surface area contributed by atoms with Crippen LogP contribution in [0, 0.1) is 0 Å². The molecule has 0 aliphatic carbocycles. The highest BCUT2D eigenvalue weighted by molar-refractivity contribution is 7.32. The number of benzene rings is 8. The lowest BCUT2D eigenvalue weighted by Crippen LogP contribution is -2.20. The number of fused-ring (bicyclic) bond motifs is 7. The Kier molecular flexibility index (Phi) is 13.0. The minimum atomic E-state index is -5.36. The van der Waals surface area contributed by atoms with Gasteiger partial charge in [0.2, 0.25) is 0 Å². The fourth-order valence-electron chi connectivity index (χ4n) is 8.20. The van der Waals surface area contributed by atoms with E-state index in [0.717, 1.165) is 24.3 Å². The molecule has 2 amide bonds. The first-order valence-electron chi connectivity index (χ1n) is 21.3. The monoisotopic (exact) mass is 1100 g/mol. The summed E-state index contributed by atoms with van der Waals surface area (Å²) in [4.78, 5) is 12.9. The van der Waals surface area contributed by atoms with Crippen LogP contribution in [0.1, 0.15) is 33.4 Å². The average Bonchev–Trinajstić information content (AvgIpc) is 3.55. The minimum Gasteiger partial charge on any atom is -0.391 e. The summed E-state index contributed by atoms with van der Waals surface area (Å²) in [6.45, 7) is 0. The number of urea groups is 1. The maximum Gasteiger partial charge on any atom is 0.453 e. The van der Waals surface area contributed by atoms with Crippen LogP contribution < -0.4 is 15.2 Å². The van der Waals surface area contributed by atoms with E-state index in [4.69, 9.17) is 12.9 Å². The van der Waals surface area contributed by atoms with Crippen LogP contribution in [-0.2, 0) is 37.1 Å². The van der Waals surface area contributed by atoms with Gasteiger partial charge in [-0.25, -0.2) is 4.79 Å². The topological polar surface area (TPSA) is 76.6 Å². The average molecular weight is 1100 g/mol. The molecule has 0 aliphatic rings. The van der Waals surface area contributed by atoms with Gasteiger partial charge >= 0.3 is 51.3 Å². The molecule has 0 radical (unpaired) electrons. The number of carbonyl (C=O) groups excluding carboxylic acids is 1. The van der Waals surface area contributed by atoms with Gasteiger partial charge in [0, 0.05) is 33.3 Å². The van der Waals surface area contributed by atoms with Crippen LogP contribution in [0.4, 0.5) is 95.2 Å². The molecule has 1 aromatic heterocycles. The van der Waals surface area contributed by atoms with Gasteiger partial charge in [-0.3, -0.25) is 0 Å². The molecule has 1 heterocycles. The number of carbonyl (C=O) groups is 1. The highest BCUT2D eigenvalue weighted by Crippen LogP contribution is 2.50. The van der Waals surface area contributed by atoms with Crippen LogP contribution in [0.25, 0.3) is 65.7 Å². The summed E-state index contributed by atoms with van der Waals surface area (Å²) in [5, 5.41) is 4.25. The van der Waals surface area contributed by atoms with Crippen molar-refractivity contribution in [1.29, 1.82) is 0 Å². The van der Waals surface area contributed by atoms with E-state index < -0.39 is 124 Å². The first kappa shape index (κ1) is 52.8. The number of hydrogen-bond acceptors (Lipinski definition) is 4. The largest absolute Gasteiger partial charge is 0.453 e. The van der Waals surface area contributed by atoms with Crippen LogP contribution in [0.2, 0.25) is 0 Å². The van der Waals surface area contributed by atoms with Gasteiger partial charge in [0.25, 0.3) is 0 Å². The van der Waals surface area contributed by atoms with Gasteiger partial charge in [-0.1, -0.05) is 48.5 Å². The van der Waals surface area contributed by atoms with Gasteiger partial charge in [0.1, 0.15) is 5.75 Å². The number of amides is 2. The Morgan fingerprint density at radius 3 is 1.08 bits per heavy atom. The Hall–Kier alpha value is -8.01. The number of anilines is 2. The molecule has 76 heavy (non-hydrogen) atoms. The zero-order valence-electron chi connectivity index (χ0n) is 37.2. The lowest BCUT2D eigenvalue weighted by atomic mass is 9.90. The van der Waals surface area contributed by atoms with E-state index in [1.54, 1.807) is 0 Å². The Balaban J connectivity index is 1.29. The normalized spacial score (nSPS) is 12.9. The number of rotatable bonds is 6. The van der Waals surface area contributed by atoms with Gasteiger partial charge in [-0.15, -0.1) is 0 Å². The fourth-order valence-corrected chi connectivity index (χ4v) is 9.29. The van der Waals surface area contributed by atoms with E-state index in [1.807, 2.05) is 5.32 Å². The van der Waals surface area contributed by atoms with Crippen LogP contribution in [0.3, 0.4) is 0 Å². The molecule has 9 aromatic rings. The van der Waals surface area contributed by atoms with E-state index >= 15 is 0 Å². The molecule has 0 saturated heterocycles. The molecule has 9 rings (SSSR count). The van der Waals surface area contributed by atoms with Crippen molar-refractivity contribution in [3.63, 3.8) is 0 Å². The van der Waals surface area contributed by atoms with Crippen LogP contribution in [-0.4, -0.2) is 6.03 Å². The van der Waals surface area contributed by atoms with E-state index in [2.05, 4.69) is 5.32 Å². The third-order valence-corrected chi connectivity index (χ3v) is 12.5. The van der Waals surface area contributed by atoms with Crippen molar-refractivity contribution in [3.8, 4) is 28.0 Å². The second-order valence-electron chi connectivity index (χ2n) is 16.7.